The quantitative estimate of drug-likeness (QED) is 0.151. The summed E-state index contributed by atoms with van der Waals surface area (Å²) in [5.41, 5.74) is 5.56. The number of carbonyl (C=O) groups excluding carboxylic acids is 2. The second-order valence-electron chi connectivity index (χ2n) is 15.0. The standard InChI is InChI=1S/C38H48BrN3O5Si/c1-38(2,3)48(5,6)45-23-25-16-18-31(29(39)20-25)40-34(43)14-10-11-24-15-17-30(28(19-24)26-12-8-7-9-13-26)41-37(44)46-27-21-32-35-36(47-35)33(22-27)42(32)4/h7-9,12-13,15-20,27,32-33,35-36H,10-11,14,21-23H2,1-6H3,(H,40,43)(H,41,44)/t27-,32-,33+,35-,36+. The van der Waals surface area contributed by atoms with Crippen LogP contribution in [-0.4, -0.2) is 62.7 Å². The normalized spacial score (nSPS) is 23.4. The van der Waals surface area contributed by atoms with Gasteiger partial charge in [-0.25, -0.2) is 4.79 Å². The number of piperidine rings is 1. The molecule has 0 aromatic heterocycles. The lowest BCUT2D eigenvalue weighted by atomic mass is 9.98. The maximum Gasteiger partial charge on any atom is 0.411 e. The number of epoxide rings is 1. The third kappa shape index (κ3) is 7.89. The molecular formula is C38H48BrN3O5Si. The van der Waals surface area contributed by atoms with Crippen molar-refractivity contribution in [3.05, 3.63) is 82.3 Å². The van der Waals surface area contributed by atoms with Crippen LogP contribution in [0.2, 0.25) is 18.1 Å². The van der Waals surface area contributed by atoms with Gasteiger partial charge in [0.2, 0.25) is 5.91 Å². The Kier molecular flexibility index (Phi) is 10.2. The lowest BCUT2D eigenvalue weighted by molar-refractivity contribution is -0.116. The van der Waals surface area contributed by atoms with E-state index in [4.69, 9.17) is 13.9 Å². The molecule has 3 saturated heterocycles. The van der Waals surface area contributed by atoms with E-state index in [0.717, 1.165) is 51.7 Å². The lowest BCUT2D eigenvalue weighted by Gasteiger charge is -2.37. The van der Waals surface area contributed by atoms with Crippen molar-refractivity contribution in [1.82, 2.24) is 4.90 Å². The number of hydrogen-bond donors (Lipinski definition) is 2. The predicted octanol–water partition coefficient (Wildman–Crippen LogP) is 8.76. The van der Waals surface area contributed by atoms with Gasteiger partial charge in [0.1, 0.15) is 18.3 Å². The van der Waals surface area contributed by atoms with E-state index in [1.54, 1.807) is 0 Å². The fourth-order valence-corrected chi connectivity index (χ4v) is 8.18. The molecule has 3 heterocycles. The van der Waals surface area contributed by atoms with Crippen molar-refractivity contribution in [2.45, 2.75) is 108 Å². The summed E-state index contributed by atoms with van der Waals surface area (Å²) in [4.78, 5) is 28.4. The van der Waals surface area contributed by atoms with Crippen molar-refractivity contribution in [3.8, 4) is 11.1 Å². The second-order valence-corrected chi connectivity index (χ2v) is 20.7. The number of rotatable bonds is 11. The van der Waals surface area contributed by atoms with E-state index in [-0.39, 0.29) is 17.0 Å². The summed E-state index contributed by atoms with van der Waals surface area (Å²) in [5, 5.41) is 6.22. The monoisotopic (exact) mass is 733 g/mol. The molecule has 3 aliphatic rings. The molecule has 3 aliphatic heterocycles. The molecule has 3 aromatic rings. The minimum atomic E-state index is -1.85. The number of amides is 2. The molecule has 0 unspecified atom stereocenters. The molecule has 5 atom stereocenters. The summed E-state index contributed by atoms with van der Waals surface area (Å²) in [6.45, 7) is 11.8. The van der Waals surface area contributed by atoms with Crippen molar-refractivity contribution in [3.63, 3.8) is 0 Å². The van der Waals surface area contributed by atoms with Crippen LogP contribution in [0.15, 0.2) is 71.2 Å². The Hall–Kier alpha value is -3.02. The van der Waals surface area contributed by atoms with Gasteiger partial charge in [0, 0.05) is 41.4 Å². The summed E-state index contributed by atoms with van der Waals surface area (Å²) < 4.78 is 18.9. The fourth-order valence-electron chi connectivity index (χ4n) is 6.70. The number of nitrogens with zero attached hydrogens (tertiary/aromatic N) is 1. The number of benzene rings is 3. The van der Waals surface area contributed by atoms with Crippen molar-refractivity contribution < 1.29 is 23.5 Å². The summed E-state index contributed by atoms with van der Waals surface area (Å²) >= 11 is 3.63. The van der Waals surface area contributed by atoms with Crippen molar-refractivity contribution in [2.75, 3.05) is 17.7 Å². The zero-order chi connectivity index (χ0) is 34.2. The molecule has 3 fully saturated rings. The van der Waals surface area contributed by atoms with Gasteiger partial charge in [-0.05, 0) is 94.9 Å². The number of morpholine rings is 1. The Morgan fingerprint density at radius 2 is 1.60 bits per heavy atom. The van der Waals surface area contributed by atoms with Gasteiger partial charge in [-0.1, -0.05) is 63.2 Å². The highest BCUT2D eigenvalue weighted by atomic mass is 79.9. The van der Waals surface area contributed by atoms with E-state index in [2.05, 4.69) is 78.4 Å². The van der Waals surface area contributed by atoms with Crippen molar-refractivity contribution in [1.29, 1.82) is 0 Å². The molecule has 0 radical (unpaired) electrons. The number of likely N-dealkylation sites (N-methyl/N-ethyl adjacent to an activating group) is 1. The van der Waals surface area contributed by atoms with Gasteiger partial charge >= 0.3 is 6.09 Å². The summed E-state index contributed by atoms with van der Waals surface area (Å²) in [7, 11) is 0.296. The number of ether oxygens (including phenoxy) is 2. The maximum atomic E-state index is 13.1. The van der Waals surface area contributed by atoms with Crippen LogP contribution in [0.4, 0.5) is 16.2 Å². The van der Waals surface area contributed by atoms with Crippen LogP contribution in [0.3, 0.4) is 0 Å². The third-order valence-corrected chi connectivity index (χ3v) is 15.8. The van der Waals surface area contributed by atoms with Gasteiger partial charge in [0.25, 0.3) is 0 Å². The highest BCUT2D eigenvalue weighted by molar-refractivity contribution is 9.10. The highest BCUT2D eigenvalue weighted by Crippen LogP contribution is 2.48. The minimum absolute atomic E-state index is 0.0310. The number of fused-ring (bicyclic) bond motifs is 5. The van der Waals surface area contributed by atoms with E-state index in [1.165, 1.54) is 0 Å². The highest BCUT2D eigenvalue weighted by Gasteiger charge is 2.62. The molecule has 0 spiro atoms. The molecule has 48 heavy (non-hydrogen) atoms. The lowest BCUT2D eigenvalue weighted by Crippen LogP contribution is -2.48. The molecule has 3 aromatic carbocycles. The summed E-state index contributed by atoms with van der Waals surface area (Å²) in [6, 6.07) is 22.7. The number of anilines is 2. The van der Waals surface area contributed by atoms with Gasteiger partial charge < -0.3 is 19.2 Å². The van der Waals surface area contributed by atoms with E-state index >= 15 is 0 Å². The number of hydrogen-bond acceptors (Lipinski definition) is 6. The van der Waals surface area contributed by atoms with Crippen molar-refractivity contribution >= 4 is 47.6 Å². The van der Waals surface area contributed by atoms with Crippen LogP contribution in [0.1, 0.15) is 57.6 Å². The van der Waals surface area contributed by atoms with E-state index in [9.17, 15) is 9.59 Å². The first-order valence-corrected chi connectivity index (χ1v) is 20.7. The van der Waals surface area contributed by atoms with E-state index in [0.29, 0.717) is 49.4 Å². The van der Waals surface area contributed by atoms with Crippen LogP contribution in [0.25, 0.3) is 11.1 Å². The molecule has 0 saturated carbocycles. The zero-order valence-electron chi connectivity index (χ0n) is 28.8. The van der Waals surface area contributed by atoms with E-state index in [1.807, 2.05) is 60.7 Å². The van der Waals surface area contributed by atoms with Crippen molar-refractivity contribution in [2.24, 2.45) is 0 Å². The molecule has 2 N–H and O–H groups in total. The SMILES string of the molecule is CN1[C@@H]2C[C@@H](OC(=O)Nc3ccc(CCCC(=O)Nc4ccc(CO[Si](C)(C)C(C)(C)C)cc4Br)cc3-c3ccccc3)C[C@H]1[C@@H]1O[C@@H]12. The first kappa shape index (κ1) is 34.8. The first-order chi connectivity index (χ1) is 22.8. The fraction of sp³-hybridized carbons (Fsp3) is 0.474. The Balaban J connectivity index is 1.02. The zero-order valence-corrected chi connectivity index (χ0v) is 31.4. The average molecular weight is 735 g/mol. The maximum absolute atomic E-state index is 13.1. The van der Waals surface area contributed by atoms with Gasteiger partial charge in [0.05, 0.1) is 18.0 Å². The smallest absolute Gasteiger partial charge is 0.411 e. The number of halogens is 1. The van der Waals surface area contributed by atoms with E-state index < -0.39 is 14.4 Å². The molecular weight excluding hydrogens is 686 g/mol. The Bertz CT molecular complexity index is 1630. The molecule has 10 heteroatoms. The third-order valence-electron chi connectivity index (χ3n) is 10.6. The van der Waals surface area contributed by atoms with Crippen LogP contribution in [0, 0.1) is 0 Å². The Labute approximate surface area is 294 Å². The molecule has 2 bridgehead atoms. The summed E-state index contributed by atoms with van der Waals surface area (Å²) in [6.07, 6.45) is 3.46. The Morgan fingerprint density at radius 1 is 0.938 bits per heavy atom. The average Bonchev–Trinajstić information content (AvgIpc) is 3.80. The Morgan fingerprint density at radius 3 is 2.27 bits per heavy atom. The molecule has 2 amide bonds. The van der Waals surface area contributed by atoms with Gasteiger partial charge in [-0.15, -0.1) is 0 Å². The summed E-state index contributed by atoms with van der Waals surface area (Å²) in [5.74, 6) is -0.0310. The van der Waals surface area contributed by atoms with Crippen LogP contribution in [-0.2, 0) is 31.7 Å². The second kappa shape index (κ2) is 14.1. The van der Waals surface area contributed by atoms with Gasteiger partial charge in [-0.3, -0.25) is 15.0 Å². The largest absolute Gasteiger partial charge is 0.446 e. The molecule has 6 rings (SSSR count). The minimum Gasteiger partial charge on any atom is -0.446 e. The molecule has 256 valence electrons. The van der Waals surface area contributed by atoms with Crippen LogP contribution in [0.5, 0.6) is 0 Å². The topological polar surface area (TPSA) is 92.4 Å². The molecule has 8 nitrogen and oxygen atoms in total. The van der Waals surface area contributed by atoms with Gasteiger partial charge in [0.15, 0.2) is 8.32 Å². The molecule has 0 aliphatic carbocycles. The van der Waals surface area contributed by atoms with Gasteiger partial charge in [-0.2, -0.15) is 0 Å². The predicted molar refractivity (Wildman–Crippen MR) is 197 cm³/mol. The number of nitrogens with one attached hydrogen (secondary N) is 2. The number of aryl methyl sites for hydroxylation is 1. The first-order valence-electron chi connectivity index (χ1n) is 17.0. The van der Waals surface area contributed by atoms with Crippen LogP contribution >= 0.6 is 15.9 Å². The van der Waals surface area contributed by atoms with Crippen LogP contribution < -0.4 is 10.6 Å². The number of carbonyl (C=O) groups is 2.